The molecular weight excluding hydrogens is 306 g/mol. The Morgan fingerprint density at radius 2 is 1.91 bits per heavy atom. The molecule has 0 spiro atoms. The van der Waals surface area contributed by atoms with E-state index in [0.29, 0.717) is 22.8 Å². The van der Waals surface area contributed by atoms with E-state index in [2.05, 4.69) is 16.0 Å². The monoisotopic (exact) mass is 317 g/mol. The first-order valence-corrected chi connectivity index (χ1v) is 7.78. The van der Waals surface area contributed by atoms with Gasteiger partial charge in [-0.2, -0.15) is 5.26 Å². The number of benzene rings is 1. The van der Waals surface area contributed by atoms with Crippen molar-refractivity contribution in [3.63, 3.8) is 0 Å². The number of nitrogens with two attached hydrogens (primary N) is 1. The van der Waals surface area contributed by atoms with Gasteiger partial charge in [0.25, 0.3) is 0 Å². The maximum Gasteiger partial charge on any atom is 0.155 e. The highest BCUT2D eigenvalue weighted by atomic mass is 32.2. The van der Waals surface area contributed by atoms with E-state index in [9.17, 15) is 5.26 Å². The van der Waals surface area contributed by atoms with E-state index in [0.717, 1.165) is 15.6 Å². The summed E-state index contributed by atoms with van der Waals surface area (Å²) in [7, 11) is 0. The van der Waals surface area contributed by atoms with Crippen LogP contribution in [-0.4, -0.2) is 15.4 Å². The van der Waals surface area contributed by atoms with Gasteiger partial charge in [0, 0.05) is 17.3 Å². The molecule has 110 valence electrons. The molecule has 6 heteroatoms. The lowest BCUT2D eigenvalue weighted by molar-refractivity contribution is 0.951. The second kappa shape index (κ2) is 5.30. The number of amidine groups is 1. The van der Waals surface area contributed by atoms with Crippen molar-refractivity contribution in [2.24, 2.45) is 10.7 Å². The van der Waals surface area contributed by atoms with Gasteiger partial charge in [-0.05, 0) is 30.3 Å². The molecule has 0 radical (unpaired) electrons. The zero-order valence-electron chi connectivity index (χ0n) is 12.0. The number of nitriles is 1. The highest BCUT2D eigenvalue weighted by molar-refractivity contribution is 7.99. The molecule has 2 N–H and O–H groups in total. The number of nitrogens with zero attached hydrogens (tertiary/aromatic N) is 4. The van der Waals surface area contributed by atoms with Crippen LogP contribution in [0.4, 0.5) is 5.69 Å². The van der Waals surface area contributed by atoms with Crippen LogP contribution in [0, 0.1) is 11.3 Å². The fourth-order valence-corrected chi connectivity index (χ4v) is 3.41. The molecule has 3 aromatic rings. The van der Waals surface area contributed by atoms with E-state index < -0.39 is 0 Å². The van der Waals surface area contributed by atoms with Gasteiger partial charge in [-0.3, -0.25) is 0 Å². The zero-order valence-corrected chi connectivity index (χ0v) is 12.8. The number of hydrogen-bond donors (Lipinski definition) is 1. The molecule has 3 heterocycles. The van der Waals surface area contributed by atoms with E-state index in [-0.39, 0.29) is 0 Å². The van der Waals surface area contributed by atoms with Crippen LogP contribution in [0.5, 0.6) is 0 Å². The predicted molar refractivity (Wildman–Crippen MR) is 89.2 cm³/mol. The SMILES string of the molecule is N#Cc1cc2c(nc1-n1cccc1)Sc1ccccc1N=C2N. The number of fused-ring (bicyclic) bond motifs is 2. The average Bonchev–Trinajstić information content (AvgIpc) is 3.06. The first-order valence-electron chi connectivity index (χ1n) is 6.96. The summed E-state index contributed by atoms with van der Waals surface area (Å²) in [5.74, 6) is 0.969. The molecule has 1 aliphatic rings. The first-order chi connectivity index (χ1) is 11.3. The minimum absolute atomic E-state index is 0.375. The normalized spacial score (nSPS) is 12.6. The third kappa shape index (κ3) is 2.28. The van der Waals surface area contributed by atoms with Gasteiger partial charge in [0.2, 0.25) is 0 Å². The van der Waals surface area contributed by atoms with Gasteiger partial charge < -0.3 is 10.3 Å². The van der Waals surface area contributed by atoms with Gasteiger partial charge in [-0.15, -0.1) is 0 Å². The van der Waals surface area contributed by atoms with Crippen molar-refractivity contribution in [1.29, 1.82) is 5.26 Å². The second-order valence-corrected chi connectivity index (χ2v) is 6.01. The molecule has 5 nitrogen and oxygen atoms in total. The lowest BCUT2D eigenvalue weighted by Gasteiger charge is -2.10. The van der Waals surface area contributed by atoms with Gasteiger partial charge in [0.15, 0.2) is 5.82 Å². The van der Waals surface area contributed by atoms with Crippen LogP contribution in [0.1, 0.15) is 11.1 Å². The lowest BCUT2D eigenvalue weighted by atomic mass is 10.2. The summed E-state index contributed by atoms with van der Waals surface area (Å²) in [5.41, 5.74) is 8.10. The summed E-state index contributed by atoms with van der Waals surface area (Å²) in [6, 6.07) is 15.5. The van der Waals surface area contributed by atoms with Crippen LogP contribution in [-0.2, 0) is 0 Å². The molecule has 0 saturated heterocycles. The number of aliphatic imine (C=N–C) groups is 1. The molecule has 1 aliphatic heterocycles. The van der Waals surface area contributed by atoms with E-state index >= 15 is 0 Å². The Hall–Kier alpha value is -3.04. The predicted octanol–water partition coefficient (Wildman–Crippen LogP) is 3.25. The van der Waals surface area contributed by atoms with E-state index in [1.807, 2.05) is 53.4 Å². The molecule has 4 rings (SSSR count). The Bertz CT molecular complexity index is 967. The molecule has 0 unspecified atom stereocenters. The van der Waals surface area contributed by atoms with Gasteiger partial charge in [-0.1, -0.05) is 23.9 Å². The van der Waals surface area contributed by atoms with Gasteiger partial charge in [0.05, 0.1) is 16.8 Å². The number of rotatable bonds is 1. The number of pyridine rings is 1. The Kier molecular flexibility index (Phi) is 3.14. The Balaban J connectivity index is 1.96. The largest absolute Gasteiger partial charge is 0.383 e. The fraction of sp³-hybridized carbons (Fsp3) is 0. The molecule has 23 heavy (non-hydrogen) atoms. The standard InChI is InChI=1S/C17H11N5S/c18-10-11-9-12-15(19)20-13-5-1-2-6-14(13)23-17(12)21-16(11)22-7-3-4-8-22/h1-9H,(H2,19,20). The number of para-hydroxylation sites is 1. The van der Waals surface area contributed by atoms with Crippen molar-refractivity contribution < 1.29 is 0 Å². The minimum Gasteiger partial charge on any atom is -0.383 e. The van der Waals surface area contributed by atoms with Crippen molar-refractivity contribution in [2.75, 3.05) is 0 Å². The quantitative estimate of drug-likeness (QED) is 0.747. The van der Waals surface area contributed by atoms with Crippen LogP contribution >= 0.6 is 11.8 Å². The first kappa shape index (κ1) is 13.6. The summed E-state index contributed by atoms with van der Waals surface area (Å²) in [5, 5.41) is 10.2. The van der Waals surface area contributed by atoms with Crippen molar-refractivity contribution in [3.8, 4) is 11.9 Å². The third-order valence-electron chi connectivity index (χ3n) is 3.53. The Morgan fingerprint density at radius 1 is 1.13 bits per heavy atom. The Labute approximate surface area is 137 Å². The topological polar surface area (TPSA) is 80.0 Å². The van der Waals surface area contributed by atoms with Crippen molar-refractivity contribution in [2.45, 2.75) is 9.92 Å². The van der Waals surface area contributed by atoms with Gasteiger partial charge in [-0.25, -0.2) is 9.98 Å². The van der Waals surface area contributed by atoms with Crippen molar-refractivity contribution >= 4 is 23.3 Å². The summed E-state index contributed by atoms with van der Waals surface area (Å²) in [6.07, 6.45) is 3.73. The van der Waals surface area contributed by atoms with Crippen molar-refractivity contribution in [1.82, 2.24) is 9.55 Å². The molecule has 0 bridgehead atoms. The van der Waals surface area contributed by atoms with Crippen LogP contribution in [0.3, 0.4) is 0 Å². The van der Waals surface area contributed by atoms with E-state index in [1.165, 1.54) is 11.8 Å². The smallest absolute Gasteiger partial charge is 0.155 e. The molecule has 2 aromatic heterocycles. The van der Waals surface area contributed by atoms with Gasteiger partial charge in [0.1, 0.15) is 16.9 Å². The summed E-state index contributed by atoms with van der Waals surface area (Å²) < 4.78 is 1.82. The molecule has 0 aliphatic carbocycles. The molecule has 0 fully saturated rings. The van der Waals surface area contributed by atoms with Crippen LogP contribution in [0.15, 0.2) is 69.8 Å². The average molecular weight is 317 g/mol. The maximum atomic E-state index is 9.46. The third-order valence-corrected chi connectivity index (χ3v) is 4.60. The summed E-state index contributed by atoms with van der Waals surface area (Å²) in [6.45, 7) is 0. The summed E-state index contributed by atoms with van der Waals surface area (Å²) >= 11 is 1.51. The van der Waals surface area contributed by atoms with Crippen molar-refractivity contribution in [3.05, 3.63) is 66.0 Å². The van der Waals surface area contributed by atoms with E-state index in [4.69, 9.17) is 5.73 Å². The molecule has 0 atom stereocenters. The summed E-state index contributed by atoms with van der Waals surface area (Å²) in [4.78, 5) is 10.1. The van der Waals surface area contributed by atoms with Crippen LogP contribution in [0.25, 0.3) is 5.82 Å². The highest BCUT2D eigenvalue weighted by Gasteiger charge is 2.20. The Morgan fingerprint density at radius 3 is 2.70 bits per heavy atom. The molecule has 1 aromatic carbocycles. The zero-order chi connectivity index (χ0) is 15.8. The van der Waals surface area contributed by atoms with E-state index in [1.54, 1.807) is 6.07 Å². The maximum absolute atomic E-state index is 9.46. The number of hydrogen-bond acceptors (Lipinski definition) is 5. The van der Waals surface area contributed by atoms with Crippen LogP contribution < -0.4 is 5.73 Å². The molecule has 0 saturated carbocycles. The highest BCUT2D eigenvalue weighted by Crippen LogP contribution is 2.39. The second-order valence-electron chi connectivity index (χ2n) is 4.98. The molecular formula is C17H11N5S. The lowest BCUT2D eigenvalue weighted by Crippen LogP contribution is -2.15. The number of aromatic nitrogens is 2. The minimum atomic E-state index is 0.375. The van der Waals surface area contributed by atoms with Crippen LogP contribution in [0.2, 0.25) is 0 Å². The van der Waals surface area contributed by atoms with Gasteiger partial charge >= 0.3 is 0 Å². The fourth-order valence-electron chi connectivity index (χ4n) is 2.43. The molecule has 0 amide bonds.